The molecule has 0 radical (unpaired) electrons. The van der Waals surface area contributed by atoms with Crippen molar-refractivity contribution in [3.05, 3.63) is 68.6 Å². The van der Waals surface area contributed by atoms with Gasteiger partial charge in [-0.05, 0) is 11.6 Å². The molecule has 0 saturated carbocycles. The van der Waals surface area contributed by atoms with Crippen molar-refractivity contribution in [2.75, 3.05) is 39.0 Å². The van der Waals surface area contributed by atoms with Gasteiger partial charge in [0, 0.05) is 50.5 Å². The van der Waals surface area contributed by atoms with Crippen molar-refractivity contribution in [2.45, 2.75) is 6.42 Å². The first kappa shape index (κ1) is 21.9. The first-order valence-corrected chi connectivity index (χ1v) is 10.5. The second-order valence-electron chi connectivity index (χ2n) is 7.32. The maximum atomic E-state index is 14.0. The van der Waals surface area contributed by atoms with Crippen LogP contribution in [0.1, 0.15) is 20.9 Å². The van der Waals surface area contributed by atoms with Crippen LogP contribution < -0.4 is 10.4 Å². The topological polar surface area (TPSA) is 87.9 Å². The molecule has 32 heavy (non-hydrogen) atoms. The van der Waals surface area contributed by atoms with Gasteiger partial charge in [0.15, 0.2) is 11.4 Å². The van der Waals surface area contributed by atoms with E-state index in [9.17, 15) is 23.5 Å². The van der Waals surface area contributed by atoms with Gasteiger partial charge in [-0.15, -0.1) is 11.3 Å². The number of benzene rings is 1. The Hall–Kier alpha value is -3.31. The highest BCUT2D eigenvalue weighted by Crippen LogP contribution is 2.29. The number of carbonyl (C=O) groups is 1. The Kier molecular flexibility index (Phi) is 5.94. The molecule has 1 aliphatic rings. The van der Waals surface area contributed by atoms with Gasteiger partial charge in [-0.3, -0.25) is 19.3 Å². The van der Waals surface area contributed by atoms with Crippen LogP contribution in [0.25, 0.3) is 10.6 Å². The minimum absolute atomic E-state index is 0.118. The third-order valence-corrected chi connectivity index (χ3v) is 6.16. The molecule has 0 spiro atoms. The molecule has 1 aliphatic heterocycles. The van der Waals surface area contributed by atoms with Gasteiger partial charge in [-0.2, -0.15) is 0 Å². The lowest BCUT2D eigenvalue weighted by Gasteiger charge is -2.37. The van der Waals surface area contributed by atoms with Crippen LogP contribution in [0.5, 0.6) is 5.75 Å². The van der Waals surface area contributed by atoms with Crippen LogP contribution in [0.4, 0.5) is 8.78 Å². The first-order chi connectivity index (χ1) is 15.3. The van der Waals surface area contributed by atoms with Gasteiger partial charge in [0.1, 0.15) is 23.3 Å². The van der Waals surface area contributed by atoms with Gasteiger partial charge in [0.2, 0.25) is 5.43 Å². The smallest absolute Gasteiger partial charge is 0.277 e. The predicted molar refractivity (Wildman–Crippen MR) is 115 cm³/mol. The highest BCUT2D eigenvalue weighted by molar-refractivity contribution is 7.15. The number of carbonyl (C=O) groups excluding carboxylic acids is 1. The van der Waals surface area contributed by atoms with E-state index in [2.05, 4.69) is 4.98 Å². The molecule has 4 rings (SSSR count). The highest BCUT2D eigenvalue weighted by atomic mass is 32.1. The Bertz CT molecular complexity index is 1240. The number of hydrogen-bond acceptors (Lipinski definition) is 7. The number of pyridine rings is 1. The molecule has 1 amide bonds. The molecule has 0 fully saturated rings. The van der Waals surface area contributed by atoms with Crippen LogP contribution in [0.2, 0.25) is 0 Å². The van der Waals surface area contributed by atoms with E-state index < -0.39 is 28.7 Å². The molecule has 11 heteroatoms. The number of thiazole rings is 1. The van der Waals surface area contributed by atoms with E-state index in [0.29, 0.717) is 28.6 Å². The highest BCUT2D eigenvalue weighted by Gasteiger charge is 2.32. The zero-order valence-electron chi connectivity index (χ0n) is 17.3. The second kappa shape index (κ2) is 8.67. The lowest BCUT2D eigenvalue weighted by atomic mass is 10.1. The van der Waals surface area contributed by atoms with Crippen molar-refractivity contribution in [1.82, 2.24) is 14.6 Å². The van der Waals surface area contributed by atoms with Crippen molar-refractivity contribution in [3.63, 3.8) is 0 Å². The third kappa shape index (κ3) is 3.96. The fraction of sp³-hybridized carbons (Fsp3) is 0.286. The Morgan fingerprint density at radius 1 is 1.28 bits per heavy atom. The summed E-state index contributed by atoms with van der Waals surface area (Å²) in [5, 5.41) is 12.6. The average molecular weight is 462 g/mol. The number of methoxy groups -OCH3 is 1. The normalized spacial score (nSPS) is 13.6. The molecule has 1 N–H and O–H groups in total. The summed E-state index contributed by atoms with van der Waals surface area (Å²) >= 11 is 1.15. The van der Waals surface area contributed by atoms with Crippen LogP contribution in [0, 0.1) is 11.6 Å². The summed E-state index contributed by atoms with van der Waals surface area (Å²) < 4.78 is 33.5. The maximum absolute atomic E-state index is 14.0. The molecular weight excluding hydrogens is 442 g/mol. The number of nitrogens with zero attached hydrogens (tertiary/aromatic N) is 4. The van der Waals surface area contributed by atoms with Crippen molar-refractivity contribution in [1.29, 1.82) is 0 Å². The fourth-order valence-electron chi connectivity index (χ4n) is 3.48. The quantitative estimate of drug-likeness (QED) is 0.604. The van der Waals surface area contributed by atoms with E-state index in [1.165, 1.54) is 41.2 Å². The molecular formula is C21H20F2N4O4S. The van der Waals surface area contributed by atoms with Gasteiger partial charge in [0.25, 0.3) is 5.91 Å². The monoisotopic (exact) mass is 462 g/mol. The Balaban J connectivity index is 1.68. The molecule has 3 heterocycles. The van der Waals surface area contributed by atoms with Crippen molar-refractivity contribution in [2.24, 2.45) is 0 Å². The van der Waals surface area contributed by atoms with E-state index in [1.807, 2.05) is 0 Å². The molecule has 0 unspecified atom stereocenters. The number of aromatic nitrogens is 2. The summed E-state index contributed by atoms with van der Waals surface area (Å²) in [7, 11) is 3.24. The average Bonchev–Trinajstić information content (AvgIpc) is 3.22. The van der Waals surface area contributed by atoms with E-state index in [4.69, 9.17) is 4.74 Å². The van der Waals surface area contributed by atoms with Crippen LogP contribution >= 0.6 is 11.3 Å². The molecule has 8 nitrogen and oxygen atoms in total. The molecule has 2 aromatic heterocycles. The summed E-state index contributed by atoms with van der Waals surface area (Å²) in [6.07, 6.45) is 3.14. The largest absolute Gasteiger partial charge is 0.502 e. The standard InChI is InChI=1S/C21H20F2N4O4S/c1-25-11-26(5-6-31-2)21(30)17-19(29)18(28)15(10-27(17)25)20-24-9-14(32-20)7-12-3-4-13(22)8-16(12)23/h3-4,8-10,29H,5-7,11H2,1-2H3. The number of aromatic hydroxyl groups is 1. The Morgan fingerprint density at radius 2 is 2.06 bits per heavy atom. The molecule has 3 aromatic rings. The van der Waals surface area contributed by atoms with Crippen LogP contribution in [-0.2, 0) is 11.2 Å². The first-order valence-electron chi connectivity index (χ1n) is 9.67. The molecule has 0 atom stereocenters. The van der Waals surface area contributed by atoms with E-state index in [0.717, 1.165) is 17.4 Å². The summed E-state index contributed by atoms with van der Waals surface area (Å²) in [6, 6.07) is 3.35. The number of halogens is 2. The van der Waals surface area contributed by atoms with Crippen molar-refractivity contribution >= 4 is 17.2 Å². The van der Waals surface area contributed by atoms with Crippen molar-refractivity contribution in [3.8, 4) is 16.3 Å². The summed E-state index contributed by atoms with van der Waals surface area (Å²) in [5.41, 5.74) is -0.436. The molecule has 0 aliphatic carbocycles. The Morgan fingerprint density at radius 3 is 2.78 bits per heavy atom. The lowest BCUT2D eigenvalue weighted by Crippen LogP contribution is -2.53. The zero-order chi connectivity index (χ0) is 23.0. The Labute approximate surface area is 185 Å². The molecule has 0 bridgehead atoms. The molecule has 0 saturated heterocycles. The fourth-order valence-corrected chi connectivity index (χ4v) is 4.42. The van der Waals surface area contributed by atoms with Crippen molar-refractivity contribution < 1.29 is 23.4 Å². The number of ether oxygens (including phenoxy) is 1. The van der Waals surface area contributed by atoms with Crippen LogP contribution in [0.3, 0.4) is 0 Å². The number of hydrogen-bond donors (Lipinski definition) is 1. The zero-order valence-corrected chi connectivity index (χ0v) is 18.2. The van der Waals surface area contributed by atoms with Gasteiger partial charge in [-0.25, -0.2) is 13.8 Å². The number of fused-ring (bicyclic) bond motifs is 1. The summed E-state index contributed by atoms with van der Waals surface area (Å²) in [6.45, 7) is 0.869. The predicted octanol–water partition coefficient (Wildman–Crippen LogP) is 2.17. The summed E-state index contributed by atoms with van der Waals surface area (Å²) in [4.78, 5) is 32.0. The second-order valence-corrected chi connectivity index (χ2v) is 8.43. The van der Waals surface area contributed by atoms with E-state index >= 15 is 0 Å². The van der Waals surface area contributed by atoms with Gasteiger partial charge < -0.3 is 14.7 Å². The van der Waals surface area contributed by atoms with Crippen LogP contribution in [0.15, 0.2) is 35.4 Å². The van der Waals surface area contributed by atoms with E-state index in [1.54, 1.807) is 12.1 Å². The lowest BCUT2D eigenvalue weighted by molar-refractivity contribution is 0.0630. The SMILES string of the molecule is COCCN1CN(C)n2cc(-c3ncc(Cc4ccc(F)cc4F)s3)c(=O)c(O)c2C1=O. The minimum Gasteiger partial charge on any atom is -0.502 e. The van der Waals surface area contributed by atoms with Gasteiger partial charge in [-0.1, -0.05) is 6.07 Å². The van der Waals surface area contributed by atoms with Gasteiger partial charge in [0.05, 0.1) is 12.2 Å². The van der Waals surface area contributed by atoms with Crippen LogP contribution in [-0.4, -0.2) is 59.6 Å². The van der Waals surface area contributed by atoms with Gasteiger partial charge >= 0.3 is 0 Å². The molecule has 168 valence electrons. The van der Waals surface area contributed by atoms with E-state index in [-0.39, 0.29) is 24.3 Å². The minimum atomic E-state index is -0.722. The number of amides is 1. The summed E-state index contributed by atoms with van der Waals surface area (Å²) in [5.74, 6) is -2.46. The maximum Gasteiger partial charge on any atom is 0.277 e. The third-order valence-electron chi connectivity index (χ3n) is 5.13. The molecule has 1 aromatic carbocycles. The number of rotatable bonds is 6.